The van der Waals surface area contributed by atoms with Crippen LogP contribution in [-0.4, -0.2) is 47.1 Å². The predicted molar refractivity (Wildman–Crippen MR) is 84.9 cm³/mol. The molecule has 1 N–H and O–H groups in total. The van der Waals surface area contributed by atoms with Crippen LogP contribution >= 0.6 is 11.8 Å². The summed E-state index contributed by atoms with van der Waals surface area (Å²) < 4.78 is 0. The molecular weight excluding hydrogens is 252 g/mol. The van der Waals surface area contributed by atoms with E-state index in [1.165, 1.54) is 64.5 Å². The van der Waals surface area contributed by atoms with E-state index in [1.54, 1.807) is 0 Å². The van der Waals surface area contributed by atoms with Gasteiger partial charge in [0.05, 0.1) is 0 Å². The highest BCUT2D eigenvalue weighted by Crippen LogP contribution is 2.37. The van der Waals surface area contributed by atoms with Gasteiger partial charge in [0.1, 0.15) is 0 Å². The standard InChI is InChI=1S/C16H30N2S/c1-13-11-17-16(8-3-4-9-16)12-18(13)14-6-5-7-15(10-14)19-2/h13-15,17H,3-12H2,1-2H3. The van der Waals surface area contributed by atoms with E-state index < -0.39 is 0 Å². The van der Waals surface area contributed by atoms with Crippen molar-refractivity contribution in [3.63, 3.8) is 0 Å². The molecule has 0 aromatic heterocycles. The first-order valence-electron chi connectivity index (χ1n) is 8.26. The van der Waals surface area contributed by atoms with Gasteiger partial charge >= 0.3 is 0 Å². The van der Waals surface area contributed by atoms with Crippen molar-refractivity contribution in [3.8, 4) is 0 Å². The molecule has 1 spiro atoms. The molecule has 3 unspecified atom stereocenters. The van der Waals surface area contributed by atoms with Crippen molar-refractivity contribution in [2.45, 2.75) is 81.2 Å². The van der Waals surface area contributed by atoms with Crippen LogP contribution in [0, 0.1) is 0 Å². The summed E-state index contributed by atoms with van der Waals surface area (Å²) in [6.45, 7) is 4.96. The van der Waals surface area contributed by atoms with Gasteiger partial charge in [-0.15, -0.1) is 0 Å². The Labute approximate surface area is 123 Å². The number of rotatable bonds is 2. The fraction of sp³-hybridized carbons (Fsp3) is 1.00. The van der Waals surface area contributed by atoms with Crippen molar-refractivity contribution < 1.29 is 0 Å². The third-order valence-electron chi connectivity index (χ3n) is 5.79. The third kappa shape index (κ3) is 2.98. The molecule has 0 aromatic carbocycles. The summed E-state index contributed by atoms with van der Waals surface area (Å²) in [6, 6.07) is 1.60. The lowest BCUT2D eigenvalue weighted by molar-refractivity contribution is 0.0367. The van der Waals surface area contributed by atoms with E-state index in [0.717, 1.165) is 17.3 Å². The van der Waals surface area contributed by atoms with E-state index in [4.69, 9.17) is 0 Å². The zero-order chi connectivity index (χ0) is 13.3. The molecule has 0 aromatic rings. The Bertz CT molecular complexity index is 301. The van der Waals surface area contributed by atoms with Crippen LogP contribution < -0.4 is 5.32 Å². The highest BCUT2D eigenvalue weighted by Gasteiger charge is 2.42. The van der Waals surface area contributed by atoms with Crippen LogP contribution in [-0.2, 0) is 0 Å². The van der Waals surface area contributed by atoms with Crippen LogP contribution in [0.25, 0.3) is 0 Å². The smallest absolute Gasteiger partial charge is 0.0309 e. The van der Waals surface area contributed by atoms with Crippen LogP contribution in [0.4, 0.5) is 0 Å². The van der Waals surface area contributed by atoms with Gasteiger partial charge in [0, 0.05) is 36.0 Å². The van der Waals surface area contributed by atoms with E-state index in [1.807, 2.05) is 0 Å². The fourth-order valence-corrected chi connectivity index (χ4v) is 5.37. The molecule has 1 saturated heterocycles. The van der Waals surface area contributed by atoms with Gasteiger partial charge in [0.15, 0.2) is 0 Å². The first kappa shape index (κ1) is 14.2. The van der Waals surface area contributed by atoms with Crippen molar-refractivity contribution in [1.82, 2.24) is 10.2 Å². The molecule has 3 heteroatoms. The molecular formula is C16H30N2S. The van der Waals surface area contributed by atoms with Crippen molar-refractivity contribution in [2.75, 3.05) is 19.3 Å². The number of nitrogens with one attached hydrogen (secondary N) is 1. The fourth-order valence-electron chi connectivity index (χ4n) is 4.55. The molecule has 0 bridgehead atoms. The quantitative estimate of drug-likeness (QED) is 0.837. The van der Waals surface area contributed by atoms with Crippen LogP contribution in [0.3, 0.4) is 0 Å². The van der Waals surface area contributed by atoms with Gasteiger partial charge in [0.25, 0.3) is 0 Å². The second-order valence-electron chi connectivity index (χ2n) is 7.07. The normalized spacial score (nSPS) is 39.8. The Morgan fingerprint density at radius 2 is 1.95 bits per heavy atom. The lowest BCUT2D eigenvalue weighted by Gasteiger charge is -2.50. The van der Waals surface area contributed by atoms with E-state index in [9.17, 15) is 0 Å². The Kier molecular flexibility index (Phi) is 4.45. The number of piperazine rings is 1. The summed E-state index contributed by atoms with van der Waals surface area (Å²) in [5, 5.41) is 4.81. The van der Waals surface area contributed by atoms with Crippen LogP contribution in [0.5, 0.6) is 0 Å². The molecule has 0 amide bonds. The Morgan fingerprint density at radius 1 is 1.16 bits per heavy atom. The summed E-state index contributed by atoms with van der Waals surface area (Å²) >= 11 is 2.10. The molecule has 2 aliphatic carbocycles. The Morgan fingerprint density at radius 3 is 2.68 bits per heavy atom. The molecule has 110 valence electrons. The maximum absolute atomic E-state index is 3.89. The predicted octanol–water partition coefficient (Wildman–Crippen LogP) is 3.27. The number of thioether (sulfide) groups is 1. The van der Waals surface area contributed by atoms with Crippen LogP contribution in [0.1, 0.15) is 58.3 Å². The minimum absolute atomic E-state index is 0.485. The molecule has 19 heavy (non-hydrogen) atoms. The summed E-state index contributed by atoms with van der Waals surface area (Å²) in [7, 11) is 0. The van der Waals surface area contributed by atoms with Gasteiger partial charge < -0.3 is 5.32 Å². The third-order valence-corrected chi connectivity index (χ3v) is 6.88. The average molecular weight is 282 g/mol. The van der Waals surface area contributed by atoms with Crippen LogP contribution in [0.2, 0.25) is 0 Å². The maximum atomic E-state index is 3.89. The van der Waals surface area contributed by atoms with Crippen molar-refractivity contribution in [1.29, 1.82) is 0 Å². The second kappa shape index (κ2) is 5.95. The van der Waals surface area contributed by atoms with Gasteiger partial charge in [-0.2, -0.15) is 11.8 Å². The molecule has 3 fully saturated rings. The molecule has 0 radical (unpaired) electrons. The molecule has 3 atom stereocenters. The summed E-state index contributed by atoms with van der Waals surface area (Å²) in [6.07, 6.45) is 13.8. The van der Waals surface area contributed by atoms with Gasteiger partial charge in [-0.05, 0) is 45.3 Å². The number of hydrogen-bond acceptors (Lipinski definition) is 3. The topological polar surface area (TPSA) is 15.3 Å². The number of nitrogens with zero attached hydrogens (tertiary/aromatic N) is 1. The molecule has 3 aliphatic rings. The van der Waals surface area contributed by atoms with Crippen molar-refractivity contribution in [3.05, 3.63) is 0 Å². The average Bonchev–Trinajstić information content (AvgIpc) is 2.90. The Balaban J connectivity index is 1.67. The first-order chi connectivity index (χ1) is 9.22. The molecule has 3 rings (SSSR count). The van der Waals surface area contributed by atoms with E-state index >= 15 is 0 Å². The minimum atomic E-state index is 0.485. The highest BCUT2D eigenvalue weighted by atomic mass is 32.2. The summed E-state index contributed by atoms with van der Waals surface area (Å²) in [4.78, 5) is 2.88. The molecule has 1 heterocycles. The SMILES string of the molecule is CSC1CCCC(N2CC3(CCCC3)NCC2C)C1. The van der Waals surface area contributed by atoms with E-state index in [-0.39, 0.29) is 0 Å². The monoisotopic (exact) mass is 282 g/mol. The highest BCUT2D eigenvalue weighted by molar-refractivity contribution is 7.99. The largest absolute Gasteiger partial charge is 0.308 e. The summed E-state index contributed by atoms with van der Waals surface area (Å²) in [5.41, 5.74) is 0.485. The van der Waals surface area contributed by atoms with E-state index in [0.29, 0.717) is 5.54 Å². The Hall–Kier alpha value is 0.270. The lowest BCUT2D eigenvalue weighted by Crippen LogP contribution is -2.64. The van der Waals surface area contributed by atoms with Gasteiger partial charge in [-0.25, -0.2) is 0 Å². The van der Waals surface area contributed by atoms with Gasteiger partial charge in [-0.1, -0.05) is 19.3 Å². The van der Waals surface area contributed by atoms with Crippen molar-refractivity contribution >= 4 is 11.8 Å². The van der Waals surface area contributed by atoms with Crippen LogP contribution in [0.15, 0.2) is 0 Å². The molecule has 1 aliphatic heterocycles. The van der Waals surface area contributed by atoms with E-state index in [2.05, 4.69) is 35.2 Å². The zero-order valence-electron chi connectivity index (χ0n) is 12.7. The summed E-state index contributed by atoms with van der Waals surface area (Å²) in [5.74, 6) is 0. The zero-order valence-corrected chi connectivity index (χ0v) is 13.5. The minimum Gasteiger partial charge on any atom is -0.308 e. The first-order valence-corrected chi connectivity index (χ1v) is 9.55. The lowest BCUT2D eigenvalue weighted by atomic mass is 9.87. The number of hydrogen-bond donors (Lipinski definition) is 1. The molecule has 2 saturated carbocycles. The van der Waals surface area contributed by atoms with Gasteiger partial charge in [0.2, 0.25) is 0 Å². The van der Waals surface area contributed by atoms with Crippen molar-refractivity contribution in [2.24, 2.45) is 0 Å². The molecule has 2 nitrogen and oxygen atoms in total. The van der Waals surface area contributed by atoms with Gasteiger partial charge in [-0.3, -0.25) is 4.90 Å². The maximum Gasteiger partial charge on any atom is 0.0309 e. The second-order valence-corrected chi connectivity index (χ2v) is 8.21.